The molecule has 1 aromatic carbocycles. The molecule has 2 N–H and O–H groups in total. The smallest absolute Gasteiger partial charge is 0.306 e. The first-order valence-electron chi connectivity index (χ1n) is 13.5. The van der Waals surface area contributed by atoms with Gasteiger partial charge in [-0.2, -0.15) is 0 Å². The van der Waals surface area contributed by atoms with Crippen LogP contribution in [-0.4, -0.2) is 85.0 Å². The maximum atomic E-state index is 15.0. The molecule has 38 heavy (non-hydrogen) atoms. The summed E-state index contributed by atoms with van der Waals surface area (Å²) in [6.45, 7) is 10.9. The van der Waals surface area contributed by atoms with Gasteiger partial charge in [0.1, 0.15) is 11.7 Å². The monoisotopic (exact) mass is 532 g/mol. The van der Waals surface area contributed by atoms with Gasteiger partial charge in [0.05, 0.1) is 31.3 Å². The van der Waals surface area contributed by atoms with E-state index in [1.165, 1.54) is 12.1 Å². The Hall–Kier alpha value is -3.01. The number of hydrogen-bond acceptors (Lipinski definition) is 6. The van der Waals surface area contributed by atoms with Crippen LogP contribution in [0.2, 0.25) is 0 Å². The molecule has 2 fully saturated rings. The van der Waals surface area contributed by atoms with Gasteiger partial charge in [-0.3, -0.25) is 19.8 Å². The van der Waals surface area contributed by atoms with E-state index in [1.807, 2.05) is 11.8 Å². The van der Waals surface area contributed by atoms with Gasteiger partial charge in [0.15, 0.2) is 0 Å². The Balaban J connectivity index is 1.61. The number of esters is 1. The van der Waals surface area contributed by atoms with Crippen molar-refractivity contribution >= 4 is 23.6 Å². The van der Waals surface area contributed by atoms with Crippen LogP contribution in [0.25, 0.3) is 0 Å². The van der Waals surface area contributed by atoms with E-state index in [2.05, 4.69) is 5.32 Å². The maximum Gasteiger partial charge on any atom is 0.306 e. The summed E-state index contributed by atoms with van der Waals surface area (Å²) in [7, 11) is 0. The molecule has 3 rings (SSSR count). The van der Waals surface area contributed by atoms with Crippen LogP contribution in [0.3, 0.4) is 0 Å². The van der Waals surface area contributed by atoms with Gasteiger partial charge in [-0.15, -0.1) is 0 Å². The minimum absolute atomic E-state index is 0.0536. The number of benzene rings is 1. The van der Waals surface area contributed by atoms with Crippen molar-refractivity contribution in [1.82, 2.24) is 15.1 Å². The average molecular weight is 533 g/mol. The molecule has 10 heteroatoms. The largest absolute Gasteiger partial charge is 0.466 e. The average Bonchev–Trinajstić information content (AvgIpc) is 2.89. The first kappa shape index (κ1) is 29.5. The lowest BCUT2D eigenvalue weighted by Gasteiger charge is -2.39. The van der Waals surface area contributed by atoms with Crippen LogP contribution in [-0.2, 0) is 19.1 Å². The van der Waals surface area contributed by atoms with Gasteiger partial charge in [-0.05, 0) is 58.1 Å². The highest BCUT2D eigenvalue weighted by atomic mass is 19.1. The maximum absolute atomic E-state index is 15.0. The third-order valence-electron chi connectivity index (χ3n) is 7.51. The van der Waals surface area contributed by atoms with Crippen molar-refractivity contribution in [2.45, 2.75) is 58.9 Å². The molecule has 1 unspecified atom stereocenters. The van der Waals surface area contributed by atoms with Crippen LogP contribution < -0.4 is 5.32 Å². The number of ether oxygens (including phenoxy) is 2. The Morgan fingerprint density at radius 1 is 1.13 bits per heavy atom. The molecule has 0 saturated carbocycles. The number of nitrogens with zero attached hydrogens (tertiary/aromatic N) is 2. The van der Waals surface area contributed by atoms with E-state index in [0.717, 1.165) is 12.8 Å². The van der Waals surface area contributed by atoms with Crippen molar-refractivity contribution in [1.29, 1.82) is 5.41 Å². The van der Waals surface area contributed by atoms with Gasteiger partial charge in [0, 0.05) is 43.7 Å². The number of nitrogens with one attached hydrogen (secondary N) is 2. The Kier molecular flexibility index (Phi) is 10.2. The van der Waals surface area contributed by atoms with E-state index in [4.69, 9.17) is 14.9 Å². The fraction of sp³-hybridized carbons (Fsp3) is 0.643. The number of morpholine rings is 1. The fourth-order valence-electron chi connectivity index (χ4n) is 5.29. The lowest BCUT2D eigenvalue weighted by atomic mass is 9.82. The zero-order valence-corrected chi connectivity index (χ0v) is 23.0. The first-order valence-corrected chi connectivity index (χ1v) is 13.5. The zero-order valence-electron chi connectivity index (χ0n) is 23.0. The summed E-state index contributed by atoms with van der Waals surface area (Å²) in [5.74, 6) is -1.67. The minimum Gasteiger partial charge on any atom is -0.466 e. The summed E-state index contributed by atoms with van der Waals surface area (Å²) >= 11 is 0. The molecule has 210 valence electrons. The van der Waals surface area contributed by atoms with Gasteiger partial charge in [0.25, 0.3) is 5.91 Å². The van der Waals surface area contributed by atoms with Gasteiger partial charge in [-0.1, -0.05) is 13.0 Å². The van der Waals surface area contributed by atoms with E-state index in [1.54, 1.807) is 31.7 Å². The van der Waals surface area contributed by atoms with E-state index in [0.29, 0.717) is 64.4 Å². The van der Waals surface area contributed by atoms with Crippen molar-refractivity contribution < 1.29 is 28.2 Å². The van der Waals surface area contributed by atoms with Crippen molar-refractivity contribution in [3.05, 3.63) is 35.1 Å². The van der Waals surface area contributed by atoms with Crippen LogP contribution >= 0.6 is 0 Å². The summed E-state index contributed by atoms with van der Waals surface area (Å²) in [5, 5.41) is 11.2. The van der Waals surface area contributed by atoms with E-state index in [-0.39, 0.29) is 29.2 Å². The standard InChI is InChI=1S/C28H41FN4O5/c1-5-22(27(36)33-11-9-19(10-12-33)17-24(34)38-6-2)28(3,4)31-26(35)21-8-7-20(18-23(21)29)25(30)32-13-15-37-16-14-32/h7-8,18-19,22,30H,5-6,9-17H2,1-4H3,(H,31,35). The van der Waals surface area contributed by atoms with E-state index >= 15 is 4.39 Å². The van der Waals surface area contributed by atoms with Gasteiger partial charge in [-0.25, -0.2) is 4.39 Å². The third-order valence-corrected chi connectivity index (χ3v) is 7.51. The molecule has 2 aliphatic heterocycles. The summed E-state index contributed by atoms with van der Waals surface area (Å²) in [6, 6.07) is 4.18. The van der Waals surface area contributed by atoms with Gasteiger partial charge in [0.2, 0.25) is 5.91 Å². The lowest BCUT2D eigenvalue weighted by Crippen LogP contribution is -2.55. The second-order valence-corrected chi connectivity index (χ2v) is 10.6. The summed E-state index contributed by atoms with van der Waals surface area (Å²) < 4.78 is 25.4. The fourth-order valence-corrected chi connectivity index (χ4v) is 5.29. The minimum atomic E-state index is -0.920. The molecule has 9 nitrogen and oxygen atoms in total. The van der Waals surface area contributed by atoms with Crippen molar-refractivity contribution in [2.75, 3.05) is 46.0 Å². The molecule has 0 spiro atoms. The molecule has 1 atom stereocenters. The van der Waals surface area contributed by atoms with E-state index < -0.39 is 23.2 Å². The summed E-state index contributed by atoms with van der Waals surface area (Å²) in [4.78, 5) is 41.9. The number of likely N-dealkylation sites (tertiary alicyclic amines) is 1. The Bertz CT molecular complexity index is 1020. The second kappa shape index (κ2) is 13.2. The van der Waals surface area contributed by atoms with Crippen LogP contribution in [0.5, 0.6) is 0 Å². The van der Waals surface area contributed by atoms with Crippen LogP contribution in [0.15, 0.2) is 18.2 Å². The Morgan fingerprint density at radius 3 is 2.37 bits per heavy atom. The molecule has 0 bridgehead atoms. The molecule has 1 aromatic rings. The number of rotatable bonds is 9. The normalized spacial score (nSPS) is 17.6. The van der Waals surface area contributed by atoms with E-state index in [9.17, 15) is 14.4 Å². The Morgan fingerprint density at radius 2 is 1.79 bits per heavy atom. The van der Waals surface area contributed by atoms with Gasteiger partial charge < -0.3 is 24.6 Å². The number of piperidine rings is 1. The van der Waals surface area contributed by atoms with Crippen molar-refractivity contribution in [3.8, 4) is 0 Å². The molecule has 2 saturated heterocycles. The summed E-state index contributed by atoms with van der Waals surface area (Å²) in [5.41, 5.74) is -0.650. The predicted octanol–water partition coefficient (Wildman–Crippen LogP) is 3.21. The zero-order chi connectivity index (χ0) is 27.9. The number of hydrogen-bond donors (Lipinski definition) is 2. The molecule has 2 amide bonds. The highest BCUT2D eigenvalue weighted by molar-refractivity contribution is 5.99. The highest BCUT2D eigenvalue weighted by Gasteiger charge is 2.39. The number of amidine groups is 1. The Labute approximate surface area is 224 Å². The molecule has 2 aliphatic rings. The lowest BCUT2D eigenvalue weighted by molar-refractivity contribution is -0.145. The van der Waals surface area contributed by atoms with Gasteiger partial charge >= 0.3 is 5.97 Å². The van der Waals surface area contributed by atoms with Crippen molar-refractivity contribution in [2.24, 2.45) is 11.8 Å². The predicted molar refractivity (Wildman–Crippen MR) is 142 cm³/mol. The quantitative estimate of drug-likeness (QED) is 0.287. The molecule has 0 aromatic heterocycles. The second-order valence-electron chi connectivity index (χ2n) is 10.6. The number of halogens is 1. The van der Waals surface area contributed by atoms with Crippen LogP contribution in [0, 0.1) is 23.1 Å². The SMILES string of the molecule is CCOC(=O)CC1CCN(C(=O)C(CC)C(C)(C)NC(=O)c2ccc(C(=N)N3CCOCC3)cc2F)CC1. The number of carbonyl (C=O) groups is 3. The highest BCUT2D eigenvalue weighted by Crippen LogP contribution is 2.28. The van der Waals surface area contributed by atoms with Crippen molar-refractivity contribution in [3.63, 3.8) is 0 Å². The molecular formula is C28H41FN4O5. The molecule has 0 aliphatic carbocycles. The number of amides is 2. The number of carbonyl (C=O) groups excluding carboxylic acids is 3. The van der Waals surface area contributed by atoms with Crippen LogP contribution in [0.1, 0.15) is 69.3 Å². The van der Waals surface area contributed by atoms with Crippen LogP contribution in [0.4, 0.5) is 4.39 Å². The third kappa shape index (κ3) is 7.30. The molecular weight excluding hydrogens is 491 g/mol. The first-order chi connectivity index (χ1) is 18.1. The summed E-state index contributed by atoms with van der Waals surface area (Å²) in [6.07, 6.45) is 2.33. The molecule has 0 radical (unpaired) electrons. The topological polar surface area (TPSA) is 112 Å². The molecule has 2 heterocycles.